The number of likely N-dealkylation sites (N-methyl/N-ethyl adjacent to an activating group) is 1. The largest absolute Gasteiger partial charge is 0.377 e. The molecule has 0 saturated carbocycles. The second kappa shape index (κ2) is 7.09. The summed E-state index contributed by atoms with van der Waals surface area (Å²) in [4.78, 5) is 0. The third-order valence-corrected chi connectivity index (χ3v) is 2.90. The fourth-order valence-electron chi connectivity index (χ4n) is 1.57. The number of rotatable bonds is 6. The van der Waals surface area contributed by atoms with Crippen LogP contribution in [0.1, 0.15) is 19.4 Å². The van der Waals surface area contributed by atoms with E-state index in [1.807, 2.05) is 27.0 Å². The van der Waals surface area contributed by atoms with E-state index in [1.54, 1.807) is 6.07 Å². The molecule has 0 radical (unpaired) electrons. The van der Waals surface area contributed by atoms with Crippen LogP contribution in [0.5, 0.6) is 0 Å². The minimum Gasteiger partial charge on any atom is -0.377 e. The highest BCUT2D eigenvalue weighted by Crippen LogP contribution is 2.16. The van der Waals surface area contributed by atoms with Gasteiger partial charge in [0.2, 0.25) is 0 Å². The lowest BCUT2D eigenvalue weighted by Crippen LogP contribution is -2.33. The predicted octanol–water partition coefficient (Wildman–Crippen LogP) is 3.14. The van der Waals surface area contributed by atoms with Crippen molar-refractivity contribution in [3.8, 4) is 0 Å². The Balaban J connectivity index is 2.60. The van der Waals surface area contributed by atoms with E-state index in [2.05, 4.69) is 21.2 Å². The number of halogens is 2. The van der Waals surface area contributed by atoms with Gasteiger partial charge in [0.15, 0.2) is 0 Å². The van der Waals surface area contributed by atoms with Crippen molar-refractivity contribution >= 4 is 15.9 Å². The minimum atomic E-state index is -0.214. The molecule has 0 bridgehead atoms. The van der Waals surface area contributed by atoms with Crippen LogP contribution in [0.2, 0.25) is 0 Å². The average Bonchev–Trinajstić information content (AvgIpc) is 2.22. The van der Waals surface area contributed by atoms with Crippen LogP contribution in [-0.2, 0) is 11.2 Å². The third-order valence-electron chi connectivity index (χ3n) is 2.44. The first kappa shape index (κ1) is 14.6. The van der Waals surface area contributed by atoms with Crippen LogP contribution in [0.4, 0.5) is 4.39 Å². The molecule has 96 valence electrons. The lowest BCUT2D eigenvalue weighted by molar-refractivity contribution is 0.0627. The fraction of sp³-hybridized carbons (Fsp3) is 0.538. The van der Waals surface area contributed by atoms with E-state index in [0.717, 1.165) is 16.5 Å². The molecular weight excluding hydrogens is 285 g/mol. The molecule has 0 aliphatic heterocycles. The number of hydrogen-bond acceptors (Lipinski definition) is 2. The van der Waals surface area contributed by atoms with Gasteiger partial charge in [0, 0.05) is 10.5 Å². The molecule has 0 aromatic heterocycles. The van der Waals surface area contributed by atoms with Gasteiger partial charge in [-0.15, -0.1) is 0 Å². The molecular formula is C13H19BrFNO. The third kappa shape index (κ3) is 5.61. The molecule has 0 fully saturated rings. The van der Waals surface area contributed by atoms with Gasteiger partial charge in [-0.1, -0.05) is 15.9 Å². The van der Waals surface area contributed by atoms with Crippen LogP contribution >= 0.6 is 15.9 Å². The highest BCUT2D eigenvalue weighted by Gasteiger charge is 2.10. The SMILES string of the molecule is CNC(COC(C)C)Cc1cc(F)cc(Br)c1. The normalized spacial score (nSPS) is 13.1. The predicted molar refractivity (Wildman–Crippen MR) is 71.7 cm³/mol. The fourth-order valence-corrected chi connectivity index (χ4v) is 2.08. The van der Waals surface area contributed by atoms with Gasteiger partial charge in [-0.2, -0.15) is 0 Å². The van der Waals surface area contributed by atoms with E-state index < -0.39 is 0 Å². The Kier molecular flexibility index (Phi) is 6.09. The summed E-state index contributed by atoms with van der Waals surface area (Å²) in [6.45, 7) is 4.64. The Morgan fingerprint density at radius 1 is 1.35 bits per heavy atom. The number of ether oxygens (including phenoxy) is 1. The zero-order valence-corrected chi connectivity index (χ0v) is 12.1. The Labute approximate surface area is 111 Å². The van der Waals surface area contributed by atoms with Crippen LogP contribution in [0, 0.1) is 5.82 Å². The second-order valence-electron chi connectivity index (χ2n) is 4.35. The lowest BCUT2D eigenvalue weighted by atomic mass is 10.1. The molecule has 0 spiro atoms. The zero-order chi connectivity index (χ0) is 12.8. The Hall–Kier alpha value is -0.450. The first-order valence-electron chi connectivity index (χ1n) is 5.75. The summed E-state index contributed by atoms with van der Waals surface area (Å²) in [5.41, 5.74) is 0.962. The molecule has 2 nitrogen and oxygen atoms in total. The van der Waals surface area contributed by atoms with E-state index in [4.69, 9.17) is 4.74 Å². The minimum absolute atomic E-state index is 0.200. The van der Waals surface area contributed by atoms with Crippen molar-refractivity contribution in [2.45, 2.75) is 32.4 Å². The van der Waals surface area contributed by atoms with Crippen molar-refractivity contribution in [2.75, 3.05) is 13.7 Å². The average molecular weight is 304 g/mol. The molecule has 0 aliphatic rings. The van der Waals surface area contributed by atoms with Gasteiger partial charge in [0.1, 0.15) is 5.82 Å². The zero-order valence-electron chi connectivity index (χ0n) is 10.5. The molecule has 1 atom stereocenters. The monoisotopic (exact) mass is 303 g/mol. The summed E-state index contributed by atoms with van der Waals surface area (Å²) in [5, 5.41) is 3.18. The maximum atomic E-state index is 13.2. The maximum Gasteiger partial charge on any atom is 0.124 e. The molecule has 1 N–H and O–H groups in total. The van der Waals surface area contributed by atoms with Gasteiger partial charge in [0.25, 0.3) is 0 Å². The number of benzene rings is 1. The Morgan fingerprint density at radius 3 is 2.59 bits per heavy atom. The van der Waals surface area contributed by atoms with E-state index in [0.29, 0.717) is 6.61 Å². The van der Waals surface area contributed by atoms with Gasteiger partial charge >= 0.3 is 0 Å². The van der Waals surface area contributed by atoms with Crippen molar-refractivity contribution < 1.29 is 9.13 Å². The Bertz CT molecular complexity index is 337. The van der Waals surface area contributed by atoms with Crippen LogP contribution in [0.25, 0.3) is 0 Å². The number of hydrogen-bond donors (Lipinski definition) is 1. The molecule has 0 aliphatic carbocycles. The summed E-state index contributed by atoms with van der Waals surface area (Å²) in [5.74, 6) is -0.214. The van der Waals surface area contributed by atoms with Crippen molar-refractivity contribution in [1.29, 1.82) is 0 Å². The summed E-state index contributed by atoms with van der Waals surface area (Å²) >= 11 is 3.30. The molecule has 0 heterocycles. The van der Waals surface area contributed by atoms with Crippen molar-refractivity contribution in [3.63, 3.8) is 0 Å². The molecule has 0 amide bonds. The summed E-state index contributed by atoms with van der Waals surface area (Å²) in [6, 6.07) is 5.15. The Morgan fingerprint density at radius 2 is 2.06 bits per heavy atom. The van der Waals surface area contributed by atoms with Crippen LogP contribution in [0.15, 0.2) is 22.7 Å². The molecule has 0 saturated heterocycles. The summed E-state index contributed by atoms with van der Waals surface area (Å²) in [7, 11) is 1.89. The molecule has 1 rings (SSSR count). The second-order valence-corrected chi connectivity index (χ2v) is 5.27. The maximum absolute atomic E-state index is 13.2. The van der Waals surface area contributed by atoms with Gasteiger partial charge < -0.3 is 10.1 Å². The molecule has 1 unspecified atom stereocenters. The van der Waals surface area contributed by atoms with E-state index in [9.17, 15) is 4.39 Å². The van der Waals surface area contributed by atoms with Gasteiger partial charge in [0.05, 0.1) is 12.7 Å². The van der Waals surface area contributed by atoms with Crippen molar-refractivity contribution in [1.82, 2.24) is 5.32 Å². The highest BCUT2D eigenvalue weighted by molar-refractivity contribution is 9.10. The van der Waals surface area contributed by atoms with E-state index in [-0.39, 0.29) is 18.0 Å². The first-order valence-corrected chi connectivity index (χ1v) is 6.54. The van der Waals surface area contributed by atoms with Crippen LogP contribution in [0.3, 0.4) is 0 Å². The highest BCUT2D eigenvalue weighted by atomic mass is 79.9. The van der Waals surface area contributed by atoms with Crippen molar-refractivity contribution in [2.24, 2.45) is 0 Å². The smallest absolute Gasteiger partial charge is 0.124 e. The molecule has 17 heavy (non-hydrogen) atoms. The van der Waals surface area contributed by atoms with Crippen LogP contribution in [-0.4, -0.2) is 25.8 Å². The lowest BCUT2D eigenvalue weighted by Gasteiger charge is -2.18. The van der Waals surface area contributed by atoms with Gasteiger partial charge in [-0.05, 0) is 51.1 Å². The molecule has 4 heteroatoms. The summed E-state index contributed by atoms with van der Waals surface area (Å²) in [6.07, 6.45) is 0.963. The molecule has 1 aromatic rings. The van der Waals surface area contributed by atoms with E-state index >= 15 is 0 Å². The van der Waals surface area contributed by atoms with E-state index in [1.165, 1.54) is 6.07 Å². The quantitative estimate of drug-likeness (QED) is 0.872. The standard InChI is InChI=1S/C13H19BrFNO/c1-9(2)17-8-13(16-3)6-10-4-11(14)7-12(15)5-10/h4-5,7,9,13,16H,6,8H2,1-3H3. The van der Waals surface area contributed by atoms with Crippen LogP contribution < -0.4 is 5.32 Å². The van der Waals surface area contributed by atoms with Crippen molar-refractivity contribution in [3.05, 3.63) is 34.1 Å². The van der Waals surface area contributed by atoms with Gasteiger partial charge in [-0.25, -0.2) is 4.39 Å². The summed E-state index contributed by atoms with van der Waals surface area (Å²) < 4.78 is 19.5. The van der Waals surface area contributed by atoms with Gasteiger partial charge in [-0.3, -0.25) is 0 Å². The first-order chi connectivity index (χ1) is 8.01. The molecule has 1 aromatic carbocycles. The number of nitrogens with one attached hydrogen (secondary N) is 1. The topological polar surface area (TPSA) is 21.3 Å².